The third kappa shape index (κ3) is 7.43. The van der Waals surface area contributed by atoms with Gasteiger partial charge in [-0.05, 0) is 62.9 Å². The molecule has 1 atom stereocenters. The van der Waals surface area contributed by atoms with Crippen LogP contribution in [0.4, 0.5) is 0 Å². The highest BCUT2D eigenvalue weighted by molar-refractivity contribution is 7.99. The van der Waals surface area contributed by atoms with Gasteiger partial charge in [0, 0.05) is 39.3 Å². The summed E-state index contributed by atoms with van der Waals surface area (Å²) in [5.74, 6) is 0.363. The first kappa shape index (κ1) is 26.0. The second-order valence-corrected chi connectivity index (χ2v) is 9.87. The molecule has 32 heavy (non-hydrogen) atoms. The molecule has 1 aliphatic carbocycles. The Kier molecular flexibility index (Phi) is 9.87. The Morgan fingerprint density at radius 1 is 1.19 bits per heavy atom. The van der Waals surface area contributed by atoms with E-state index in [2.05, 4.69) is 9.90 Å². The smallest absolute Gasteiger partial charge is 0.312 e. The fourth-order valence-electron chi connectivity index (χ4n) is 3.74. The van der Waals surface area contributed by atoms with E-state index in [0.717, 1.165) is 54.4 Å². The van der Waals surface area contributed by atoms with Gasteiger partial charge in [-0.3, -0.25) is 9.59 Å². The number of Topliss-reactive ketones (excluding diaryl/α,β-unsaturated/α-hetero) is 1. The standard InChI is InChI=1S/C24H28N2O4S.ClH/c1-24(2,31-26-29)15-22(27)30-20-11-7-17(8-12-20)13-14-25-16-19-10-9-18-5-3-4-6-21(18)23(19)28;/h3-8,11-12,19,25H,9-10,13-16H2,1-2H3;1H. The predicted molar refractivity (Wildman–Crippen MR) is 131 cm³/mol. The Hall–Kier alpha value is -2.22. The van der Waals surface area contributed by atoms with Gasteiger partial charge in [-0.2, -0.15) is 0 Å². The molecule has 2 aromatic carbocycles. The van der Waals surface area contributed by atoms with E-state index in [0.29, 0.717) is 12.3 Å². The number of nitrogens with one attached hydrogen (secondary N) is 1. The van der Waals surface area contributed by atoms with Crippen molar-refractivity contribution in [3.05, 3.63) is 70.1 Å². The molecule has 0 saturated carbocycles. The number of aryl methyl sites for hydroxylation is 1. The molecule has 0 fully saturated rings. The molecule has 0 bridgehead atoms. The molecule has 1 N–H and O–H groups in total. The number of halogens is 1. The molecule has 8 heteroatoms. The number of hydrogen-bond donors (Lipinski definition) is 1. The summed E-state index contributed by atoms with van der Waals surface area (Å²) >= 11 is 0.834. The summed E-state index contributed by atoms with van der Waals surface area (Å²) in [5.41, 5.74) is 3.15. The lowest BCUT2D eigenvalue weighted by Gasteiger charge is -2.23. The van der Waals surface area contributed by atoms with Crippen LogP contribution < -0.4 is 10.1 Å². The van der Waals surface area contributed by atoms with Crippen LogP contribution in [0.25, 0.3) is 0 Å². The number of hydrogen-bond acceptors (Lipinski definition) is 7. The molecule has 6 nitrogen and oxygen atoms in total. The van der Waals surface area contributed by atoms with E-state index in [9.17, 15) is 14.5 Å². The Balaban J connectivity index is 0.00000363. The fraction of sp³-hybridized carbons (Fsp3) is 0.417. The largest absolute Gasteiger partial charge is 0.426 e. The van der Waals surface area contributed by atoms with Gasteiger partial charge in [-0.15, -0.1) is 17.3 Å². The molecule has 0 saturated heterocycles. The minimum Gasteiger partial charge on any atom is -0.426 e. The minimum absolute atomic E-state index is 0. The SMILES string of the molecule is CC(C)(CC(=O)Oc1ccc(CCNCC2CCc3ccccc3C2=O)cc1)SN=O.Cl. The highest BCUT2D eigenvalue weighted by Crippen LogP contribution is 2.29. The molecular weight excluding hydrogens is 448 g/mol. The Morgan fingerprint density at radius 3 is 2.62 bits per heavy atom. The summed E-state index contributed by atoms with van der Waals surface area (Å²) in [4.78, 5) is 35.1. The summed E-state index contributed by atoms with van der Waals surface area (Å²) in [6.45, 7) is 5.01. The maximum atomic E-state index is 12.6. The third-order valence-corrected chi connectivity index (χ3v) is 6.12. The van der Waals surface area contributed by atoms with Gasteiger partial charge in [-0.1, -0.05) is 36.4 Å². The molecule has 3 rings (SSSR count). The summed E-state index contributed by atoms with van der Waals surface area (Å²) in [7, 11) is 0. The van der Waals surface area contributed by atoms with Gasteiger partial charge in [0.15, 0.2) is 5.78 Å². The molecule has 0 radical (unpaired) electrons. The number of rotatable bonds is 10. The third-order valence-electron chi connectivity index (χ3n) is 5.41. The van der Waals surface area contributed by atoms with Crippen molar-refractivity contribution in [2.75, 3.05) is 13.1 Å². The molecular formula is C24H29ClN2O4S. The van der Waals surface area contributed by atoms with Crippen LogP contribution in [0.2, 0.25) is 0 Å². The van der Waals surface area contributed by atoms with Crippen LogP contribution in [0, 0.1) is 10.8 Å². The normalized spacial score (nSPS) is 15.4. The molecule has 0 aromatic heterocycles. The number of carbonyl (C=O) groups is 2. The molecule has 0 heterocycles. The second kappa shape index (κ2) is 12.1. The van der Waals surface area contributed by atoms with Gasteiger partial charge in [-0.25, -0.2) is 0 Å². The number of ketones is 1. The van der Waals surface area contributed by atoms with Crippen molar-refractivity contribution in [1.82, 2.24) is 5.32 Å². The molecule has 172 valence electrons. The van der Waals surface area contributed by atoms with Crippen LogP contribution >= 0.6 is 24.4 Å². The highest BCUT2D eigenvalue weighted by atomic mass is 35.5. The molecule has 1 aliphatic rings. The van der Waals surface area contributed by atoms with E-state index < -0.39 is 10.7 Å². The van der Waals surface area contributed by atoms with Crippen molar-refractivity contribution in [1.29, 1.82) is 0 Å². The van der Waals surface area contributed by atoms with Gasteiger partial charge in [0.2, 0.25) is 0 Å². The lowest BCUT2D eigenvalue weighted by Crippen LogP contribution is -2.33. The average Bonchev–Trinajstić information content (AvgIpc) is 2.73. The first-order valence-electron chi connectivity index (χ1n) is 10.5. The molecule has 0 spiro atoms. The Bertz CT molecular complexity index is 934. The zero-order valence-corrected chi connectivity index (χ0v) is 20.0. The van der Waals surface area contributed by atoms with Gasteiger partial charge in [0.05, 0.1) is 6.42 Å². The van der Waals surface area contributed by atoms with Crippen LogP contribution in [0.3, 0.4) is 0 Å². The molecule has 0 amide bonds. The van der Waals surface area contributed by atoms with Gasteiger partial charge < -0.3 is 10.1 Å². The second-order valence-electron chi connectivity index (χ2n) is 8.43. The number of esters is 1. The van der Waals surface area contributed by atoms with E-state index in [1.807, 2.05) is 36.4 Å². The average molecular weight is 477 g/mol. The van der Waals surface area contributed by atoms with Crippen molar-refractivity contribution >= 4 is 36.1 Å². The summed E-state index contributed by atoms with van der Waals surface area (Å²) in [6.07, 6.45) is 2.76. The van der Waals surface area contributed by atoms with E-state index >= 15 is 0 Å². The molecule has 1 unspecified atom stereocenters. The van der Waals surface area contributed by atoms with Gasteiger partial charge in [0.25, 0.3) is 0 Å². The van der Waals surface area contributed by atoms with Crippen molar-refractivity contribution < 1.29 is 14.3 Å². The lowest BCUT2D eigenvalue weighted by atomic mass is 9.83. The quantitative estimate of drug-likeness (QED) is 0.167. The summed E-state index contributed by atoms with van der Waals surface area (Å²) in [5, 5.41) is 3.41. The zero-order chi connectivity index (χ0) is 22.3. The van der Waals surface area contributed by atoms with Gasteiger partial charge in [0.1, 0.15) is 5.75 Å². The topological polar surface area (TPSA) is 84.8 Å². The molecule has 2 aromatic rings. The summed E-state index contributed by atoms with van der Waals surface area (Å²) in [6, 6.07) is 15.3. The first-order chi connectivity index (χ1) is 14.9. The Morgan fingerprint density at radius 2 is 1.91 bits per heavy atom. The van der Waals surface area contributed by atoms with Crippen molar-refractivity contribution in [2.45, 2.75) is 44.3 Å². The number of ether oxygens (including phenoxy) is 1. The number of fused-ring (bicyclic) bond motifs is 1. The van der Waals surface area contributed by atoms with Crippen LogP contribution in [0.15, 0.2) is 53.1 Å². The maximum Gasteiger partial charge on any atom is 0.312 e. The molecule has 0 aliphatic heterocycles. The monoisotopic (exact) mass is 476 g/mol. The van der Waals surface area contributed by atoms with Crippen molar-refractivity contribution in [3.8, 4) is 5.75 Å². The number of nitroso groups, excluding NO2 is 1. The van der Waals surface area contributed by atoms with E-state index in [4.69, 9.17) is 4.74 Å². The number of carbonyl (C=O) groups excluding carboxylic acids is 2. The predicted octanol–water partition coefficient (Wildman–Crippen LogP) is 5.17. The minimum atomic E-state index is -0.591. The van der Waals surface area contributed by atoms with Crippen LogP contribution in [0.5, 0.6) is 5.75 Å². The van der Waals surface area contributed by atoms with Crippen molar-refractivity contribution in [3.63, 3.8) is 0 Å². The van der Waals surface area contributed by atoms with Crippen LogP contribution in [-0.2, 0) is 17.6 Å². The number of benzene rings is 2. The van der Waals surface area contributed by atoms with Crippen molar-refractivity contribution in [2.24, 2.45) is 10.5 Å². The van der Waals surface area contributed by atoms with E-state index in [-0.39, 0.29) is 30.5 Å². The highest BCUT2D eigenvalue weighted by Gasteiger charge is 2.27. The van der Waals surface area contributed by atoms with Gasteiger partial charge >= 0.3 is 5.97 Å². The lowest BCUT2D eigenvalue weighted by molar-refractivity contribution is -0.134. The maximum absolute atomic E-state index is 12.6. The van der Waals surface area contributed by atoms with Crippen LogP contribution in [0.1, 0.15) is 48.2 Å². The van der Waals surface area contributed by atoms with E-state index in [1.165, 1.54) is 0 Å². The zero-order valence-electron chi connectivity index (χ0n) is 18.3. The van der Waals surface area contributed by atoms with E-state index in [1.54, 1.807) is 26.0 Å². The fourth-order valence-corrected chi connectivity index (χ4v) is 4.12. The van der Waals surface area contributed by atoms with Crippen LogP contribution in [-0.4, -0.2) is 29.6 Å². The first-order valence-corrected chi connectivity index (χ1v) is 11.3. The summed E-state index contributed by atoms with van der Waals surface area (Å²) < 4.78 is 7.55. The Labute approximate surface area is 199 Å². The number of nitrogens with zero attached hydrogens (tertiary/aromatic N) is 1.